The van der Waals surface area contributed by atoms with Crippen LogP contribution in [-0.4, -0.2) is 28.5 Å². The first-order valence-corrected chi connectivity index (χ1v) is 9.92. The summed E-state index contributed by atoms with van der Waals surface area (Å²) in [4.78, 5) is 12.4. The summed E-state index contributed by atoms with van der Waals surface area (Å²) in [5, 5.41) is 2.90. The molecular weight excluding hydrogens is 364 g/mol. The third kappa shape index (κ3) is 5.42. The Morgan fingerprint density at radius 3 is 2.41 bits per heavy atom. The maximum Gasteiger partial charge on any atom is 0.244 e. The maximum atomic E-state index is 12.2. The highest BCUT2D eigenvalue weighted by molar-refractivity contribution is 7.89. The van der Waals surface area contributed by atoms with Gasteiger partial charge >= 0.3 is 0 Å². The van der Waals surface area contributed by atoms with E-state index in [4.69, 9.17) is 4.74 Å². The lowest BCUT2D eigenvalue weighted by Gasteiger charge is -2.17. The van der Waals surface area contributed by atoms with Crippen molar-refractivity contribution < 1.29 is 17.9 Å². The Kier molecular flexibility index (Phi) is 6.76. The molecule has 1 amide bonds. The third-order valence-electron chi connectivity index (χ3n) is 4.10. The molecule has 1 unspecified atom stereocenters. The van der Waals surface area contributed by atoms with Crippen molar-refractivity contribution in [2.24, 2.45) is 0 Å². The summed E-state index contributed by atoms with van der Waals surface area (Å²) >= 11 is 0. The Balaban J connectivity index is 2.06. The Morgan fingerprint density at radius 2 is 1.81 bits per heavy atom. The molecule has 144 valence electrons. The summed E-state index contributed by atoms with van der Waals surface area (Å²) in [5.74, 6) is 0.469. The standard InChI is InChI=1S/C20H24N2O4S/c1-14-5-11-19(26-4)18(13-14)15(2)22-20(23)12-8-16-6-9-17(10-7-16)27(24,25)21-3/h5-13,15,21H,1-4H3,(H,22,23)/b12-8+. The first kappa shape index (κ1) is 20.7. The first-order chi connectivity index (χ1) is 12.8. The predicted molar refractivity (Wildman–Crippen MR) is 106 cm³/mol. The molecule has 0 spiro atoms. The molecule has 0 heterocycles. The number of hydrogen-bond acceptors (Lipinski definition) is 4. The lowest BCUT2D eigenvalue weighted by atomic mass is 10.0. The van der Waals surface area contributed by atoms with Gasteiger partial charge in [0.2, 0.25) is 15.9 Å². The Hall–Kier alpha value is -2.64. The summed E-state index contributed by atoms with van der Waals surface area (Å²) in [7, 11) is -0.511. The van der Waals surface area contributed by atoms with Gasteiger partial charge in [-0.1, -0.05) is 29.8 Å². The minimum absolute atomic E-state index is 0.173. The van der Waals surface area contributed by atoms with Crippen molar-refractivity contribution in [3.63, 3.8) is 0 Å². The number of benzene rings is 2. The van der Waals surface area contributed by atoms with Crippen LogP contribution in [0.1, 0.15) is 29.7 Å². The predicted octanol–water partition coefficient (Wildman–Crippen LogP) is 2.80. The lowest BCUT2D eigenvalue weighted by Crippen LogP contribution is -2.25. The molecule has 0 aliphatic heterocycles. The number of aryl methyl sites for hydroxylation is 1. The van der Waals surface area contributed by atoms with E-state index < -0.39 is 10.0 Å². The van der Waals surface area contributed by atoms with Crippen LogP contribution in [0.15, 0.2) is 53.4 Å². The maximum absolute atomic E-state index is 12.2. The highest BCUT2D eigenvalue weighted by atomic mass is 32.2. The first-order valence-electron chi connectivity index (χ1n) is 8.43. The zero-order valence-corrected chi connectivity index (χ0v) is 16.6. The number of ether oxygens (including phenoxy) is 1. The van der Waals surface area contributed by atoms with Crippen LogP contribution in [0.4, 0.5) is 0 Å². The largest absolute Gasteiger partial charge is 0.496 e. The van der Waals surface area contributed by atoms with Gasteiger partial charge in [-0.15, -0.1) is 0 Å². The molecule has 0 aliphatic rings. The fourth-order valence-electron chi connectivity index (χ4n) is 2.58. The summed E-state index contributed by atoms with van der Waals surface area (Å²) in [5.41, 5.74) is 2.71. The van der Waals surface area contributed by atoms with Crippen LogP contribution in [0.2, 0.25) is 0 Å². The van der Waals surface area contributed by atoms with E-state index in [1.54, 1.807) is 25.3 Å². The molecule has 2 rings (SSSR count). The summed E-state index contributed by atoms with van der Waals surface area (Å²) in [6, 6.07) is 11.8. The van der Waals surface area contributed by atoms with Gasteiger partial charge in [0.1, 0.15) is 5.75 Å². The van der Waals surface area contributed by atoms with Gasteiger partial charge in [0.15, 0.2) is 0 Å². The molecule has 6 nitrogen and oxygen atoms in total. The van der Waals surface area contributed by atoms with E-state index in [1.165, 1.54) is 25.3 Å². The molecular formula is C20H24N2O4S. The molecule has 7 heteroatoms. The van der Waals surface area contributed by atoms with Gasteiger partial charge in [0, 0.05) is 11.6 Å². The van der Waals surface area contributed by atoms with Gasteiger partial charge in [-0.2, -0.15) is 0 Å². The molecule has 27 heavy (non-hydrogen) atoms. The molecule has 2 N–H and O–H groups in total. The second-order valence-corrected chi connectivity index (χ2v) is 7.97. The lowest BCUT2D eigenvalue weighted by molar-refractivity contribution is -0.117. The molecule has 0 saturated heterocycles. The molecule has 1 atom stereocenters. The zero-order chi connectivity index (χ0) is 20.0. The quantitative estimate of drug-likeness (QED) is 0.715. The number of methoxy groups -OCH3 is 1. The van der Waals surface area contributed by atoms with E-state index in [0.29, 0.717) is 0 Å². The molecule has 0 radical (unpaired) electrons. The van der Waals surface area contributed by atoms with Crippen molar-refractivity contribution in [3.05, 3.63) is 65.2 Å². The van der Waals surface area contributed by atoms with Crippen molar-refractivity contribution in [2.45, 2.75) is 24.8 Å². The number of carbonyl (C=O) groups is 1. The van der Waals surface area contributed by atoms with Crippen molar-refractivity contribution in [1.29, 1.82) is 0 Å². The summed E-state index contributed by atoms with van der Waals surface area (Å²) < 4.78 is 31.0. The Morgan fingerprint density at radius 1 is 1.15 bits per heavy atom. The molecule has 0 aromatic heterocycles. The topological polar surface area (TPSA) is 84.5 Å². The van der Waals surface area contributed by atoms with Crippen molar-refractivity contribution in [3.8, 4) is 5.75 Å². The fourth-order valence-corrected chi connectivity index (χ4v) is 3.31. The van der Waals surface area contributed by atoms with Crippen LogP contribution in [0.25, 0.3) is 6.08 Å². The number of nitrogens with one attached hydrogen (secondary N) is 2. The van der Waals surface area contributed by atoms with E-state index in [-0.39, 0.29) is 16.8 Å². The summed E-state index contributed by atoms with van der Waals surface area (Å²) in [6.07, 6.45) is 3.05. The van der Waals surface area contributed by atoms with Crippen molar-refractivity contribution in [1.82, 2.24) is 10.0 Å². The van der Waals surface area contributed by atoms with Gasteiger partial charge < -0.3 is 10.1 Å². The number of carbonyl (C=O) groups excluding carboxylic acids is 1. The van der Waals surface area contributed by atoms with Gasteiger partial charge in [0.05, 0.1) is 18.0 Å². The van der Waals surface area contributed by atoms with Crippen LogP contribution in [0, 0.1) is 6.92 Å². The number of sulfonamides is 1. The second-order valence-electron chi connectivity index (χ2n) is 6.09. The van der Waals surface area contributed by atoms with E-state index in [9.17, 15) is 13.2 Å². The monoisotopic (exact) mass is 388 g/mol. The van der Waals surface area contributed by atoms with E-state index >= 15 is 0 Å². The molecule has 0 aliphatic carbocycles. The molecule has 0 fully saturated rings. The average Bonchev–Trinajstić information content (AvgIpc) is 2.66. The normalized spacial score (nSPS) is 12.7. The number of amides is 1. The van der Waals surface area contributed by atoms with Crippen molar-refractivity contribution >= 4 is 22.0 Å². The molecule has 2 aromatic rings. The number of hydrogen-bond donors (Lipinski definition) is 2. The Bertz CT molecular complexity index is 935. The van der Waals surface area contributed by atoms with Gasteiger partial charge in [0.25, 0.3) is 0 Å². The average molecular weight is 388 g/mol. The van der Waals surface area contributed by atoms with Crippen LogP contribution in [-0.2, 0) is 14.8 Å². The SMILES string of the molecule is CNS(=O)(=O)c1ccc(/C=C/C(=O)NC(C)c2cc(C)ccc2OC)cc1. The van der Waals surface area contributed by atoms with E-state index in [2.05, 4.69) is 10.0 Å². The summed E-state index contributed by atoms with van der Waals surface area (Å²) in [6.45, 7) is 3.87. The fraction of sp³-hybridized carbons (Fsp3) is 0.250. The van der Waals surface area contributed by atoms with Gasteiger partial charge in [-0.05, 0) is 50.7 Å². The molecule has 0 saturated carbocycles. The molecule has 2 aromatic carbocycles. The van der Waals surface area contributed by atoms with E-state index in [1.807, 2.05) is 32.0 Å². The highest BCUT2D eigenvalue weighted by Gasteiger charge is 2.13. The second kappa shape index (κ2) is 8.83. The zero-order valence-electron chi connectivity index (χ0n) is 15.8. The van der Waals surface area contributed by atoms with Crippen LogP contribution in [0.3, 0.4) is 0 Å². The Labute approximate surface area is 160 Å². The van der Waals surface area contributed by atoms with Crippen molar-refractivity contribution in [2.75, 3.05) is 14.2 Å². The van der Waals surface area contributed by atoms with Gasteiger partial charge in [-0.25, -0.2) is 13.1 Å². The van der Waals surface area contributed by atoms with Crippen LogP contribution >= 0.6 is 0 Å². The minimum atomic E-state index is -3.47. The minimum Gasteiger partial charge on any atom is -0.496 e. The van der Waals surface area contributed by atoms with Crippen LogP contribution in [0.5, 0.6) is 5.75 Å². The highest BCUT2D eigenvalue weighted by Crippen LogP contribution is 2.26. The van der Waals surface area contributed by atoms with E-state index in [0.717, 1.165) is 22.4 Å². The number of rotatable bonds is 7. The van der Waals surface area contributed by atoms with Gasteiger partial charge in [-0.3, -0.25) is 4.79 Å². The molecule has 0 bridgehead atoms. The smallest absolute Gasteiger partial charge is 0.244 e. The van der Waals surface area contributed by atoms with Crippen LogP contribution < -0.4 is 14.8 Å². The third-order valence-corrected chi connectivity index (χ3v) is 5.53.